The van der Waals surface area contributed by atoms with E-state index in [-0.39, 0.29) is 28.7 Å². The second-order valence-electron chi connectivity index (χ2n) is 6.63. The summed E-state index contributed by atoms with van der Waals surface area (Å²) in [6, 6.07) is 11.5. The minimum absolute atomic E-state index is 0.118. The Kier molecular flexibility index (Phi) is 8.82. The molecule has 0 fully saturated rings. The molecule has 2 aromatic rings. The first kappa shape index (κ1) is 22.1. The highest BCUT2D eigenvalue weighted by Crippen LogP contribution is 2.28. The number of hydrogen-bond acceptors (Lipinski definition) is 6. The molecule has 0 heterocycles. The average Bonchev–Trinajstić information content (AvgIpc) is 2.72. The maximum atomic E-state index is 12.3. The second kappa shape index (κ2) is 11.6. The van der Waals surface area contributed by atoms with Crippen molar-refractivity contribution in [2.45, 2.75) is 51.9 Å². The van der Waals surface area contributed by atoms with Gasteiger partial charge in [0, 0.05) is 18.6 Å². The van der Waals surface area contributed by atoms with Gasteiger partial charge in [0.1, 0.15) is 0 Å². The summed E-state index contributed by atoms with van der Waals surface area (Å²) in [4.78, 5) is 34.5. The van der Waals surface area contributed by atoms with Crippen LogP contribution < -0.4 is 9.47 Å². The van der Waals surface area contributed by atoms with Crippen LogP contribution in [0.25, 0.3) is 0 Å². The molecule has 0 aliphatic rings. The number of nitrogens with zero attached hydrogens (tertiary/aromatic N) is 1. The number of carbonyl (C=O) groups is 2. The molecule has 0 spiro atoms. The maximum Gasteiger partial charge on any atom is 0.343 e. The third-order valence-electron chi connectivity index (χ3n) is 4.32. The van der Waals surface area contributed by atoms with Crippen LogP contribution in [0.5, 0.6) is 11.5 Å². The molecule has 7 nitrogen and oxygen atoms in total. The first-order valence-corrected chi connectivity index (χ1v) is 9.77. The van der Waals surface area contributed by atoms with Crippen molar-refractivity contribution in [2.75, 3.05) is 0 Å². The quantitative estimate of drug-likeness (QED) is 0.163. The zero-order chi connectivity index (χ0) is 21.1. The Morgan fingerprint density at radius 1 is 0.862 bits per heavy atom. The highest BCUT2D eigenvalue weighted by Gasteiger charge is 2.16. The maximum absolute atomic E-state index is 12.3. The van der Waals surface area contributed by atoms with E-state index in [4.69, 9.17) is 9.47 Å². The molecule has 2 aromatic carbocycles. The van der Waals surface area contributed by atoms with Crippen LogP contribution >= 0.6 is 0 Å². The smallest absolute Gasteiger partial charge is 0.343 e. The molecule has 7 heteroatoms. The van der Waals surface area contributed by atoms with Crippen molar-refractivity contribution in [3.05, 3.63) is 64.2 Å². The van der Waals surface area contributed by atoms with Gasteiger partial charge in [-0.25, -0.2) is 4.79 Å². The summed E-state index contributed by atoms with van der Waals surface area (Å²) >= 11 is 0. The number of rotatable bonds is 11. The van der Waals surface area contributed by atoms with Gasteiger partial charge in [0.05, 0.1) is 10.5 Å². The highest BCUT2D eigenvalue weighted by molar-refractivity contribution is 5.91. The molecular weight excluding hydrogens is 374 g/mol. The van der Waals surface area contributed by atoms with Crippen molar-refractivity contribution in [3.8, 4) is 11.5 Å². The number of hydrogen-bond donors (Lipinski definition) is 0. The number of ether oxygens (including phenoxy) is 2. The predicted octanol–water partition coefficient (Wildman–Crippen LogP) is 5.47. The fraction of sp³-hybridized carbons (Fsp3) is 0.364. The minimum atomic E-state index is -0.695. The molecule has 0 atom stereocenters. The molecular formula is C22H25NO6. The summed E-state index contributed by atoms with van der Waals surface area (Å²) in [7, 11) is 0. The van der Waals surface area contributed by atoms with E-state index in [1.807, 2.05) is 0 Å². The lowest BCUT2D eigenvalue weighted by Crippen LogP contribution is -2.12. The standard InChI is InChI=1S/C22H25NO6/c1-2-3-4-5-6-7-12-21(24)28-19-10-8-9-11-20(19)29-22(25)17-13-15-18(16-14-17)23(26)27/h8-11,13-16H,2-7,12H2,1H3. The Morgan fingerprint density at radius 2 is 1.45 bits per heavy atom. The molecule has 0 amide bonds. The predicted molar refractivity (Wildman–Crippen MR) is 108 cm³/mol. The SMILES string of the molecule is CCCCCCCCC(=O)Oc1ccccc1OC(=O)c1ccc([N+](=O)[O-])cc1. The zero-order valence-electron chi connectivity index (χ0n) is 16.5. The summed E-state index contributed by atoms with van der Waals surface area (Å²) in [6.45, 7) is 2.16. The Labute approximate surface area is 169 Å². The van der Waals surface area contributed by atoms with Crippen molar-refractivity contribution in [2.24, 2.45) is 0 Å². The molecule has 0 saturated carbocycles. The molecule has 29 heavy (non-hydrogen) atoms. The number of unbranched alkanes of at least 4 members (excludes halogenated alkanes) is 5. The largest absolute Gasteiger partial charge is 0.423 e. The molecule has 0 aliphatic heterocycles. The monoisotopic (exact) mass is 399 g/mol. The normalized spacial score (nSPS) is 10.4. The number of non-ortho nitro benzene ring substituents is 1. The lowest BCUT2D eigenvalue weighted by atomic mass is 10.1. The molecule has 0 saturated heterocycles. The van der Waals surface area contributed by atoms with E-state index in [1.54, 1.807) is 18.2 Å². The van der Waals surface area contributed by atoms with E-state index in [9.17, 15) is 19.7 Å². The lowest BCUT2D eigenvalue weighted by Gasteiger charge is -2.10. The summed E-state index contributed by atoms with van der Waals surface area (Å²) in [5.74, 6) is -0.787. The van der Waals surface area contributed by atoms with E-state index < -0.39 is 10.9 Å². The van der Waals surface area contributed by atoms with Crippen LogP contribution in [0.2, 0.25) is 0 Å². The van der Waals surface area contributed by atoms with E-state index in [0.29, 0.717) is 6.42 Å². The van der Waals surface area contributed by atoms with Gasteiger partial charge < -0.3 is 9.47 Å². The summed E-state index contributed by atoms with van der Waals surface area (Å²) in [5, 5.41) is 10.7. The van der Waals surface area contributed by atoms with E-state index in [0.717, 1.165) is 19.3 Å². The van der Waals surface area contributed by atoms with Gasteiger partial charge in [-0.1, -0.05) is 51.2 Å². The zero-order valence-corrected chi connectivity index (χ0v) is 16.5. The summed E-state index contributed by atoms with van der Waals surface area (Å²) < 4.78 is 10.7. The fourth-order valence-electron chi connectivity index (χ4n) is 2.72. The summed E-state index contributed by atoms with van der Waals surface area (Å²) in [5.41, 5.74) is 0.0365. The van der Waals surface area contributed by atoms with Crippen LogP contribution in [0, 0.1) is 10.1 Å². The van der Waals surface area contributed by atoms with Gasteiger partial charge in [0.25, 0.3) is 5.69 Å². The van der Waals surface area contributed by atoms with Crippen molar-refractivity contribution < 1.29 is 24.0 Å². The van der Waals surface area contributed by atoms with Gasteiger partial charge in [0.2, 0.25) is 0 Å². The first-order valence-electron chi connectivity index (χ1n) is 9.77. The molecule has 0 bridgehead atoms. The molecule has 0 N–H and O–H groups in total. The number of benzene rings is 2. The van der Waals surface area contributed by atoms with Crippen molar-refractivity contribution in [1.29, 1.82) is 0 Å². The molecule has 0 aromatic heterocycles. The molecule has 0 aliphatic carbocycles. The van der Waals surface area contributed by atoms with Crippen LogP contribution in [-0.2, 0) is 4.79 Å². The Balaban J connectivity index is 1.91. The van der Waals surface area contributed by atoms with Gasteiger partial charge >= 0.3 is 11.9 Å². The van der Waals surface area contributed by atoms with E-state index >= 15 is 0 Å². The van der Waals surface area contributed by atoms with Crippen LogP contribution in [0.3, 0.4) is 0 Å². The molecule has 0 unspecified atom stereocenters. The van der Waals surface area contributed by atoms with Crippen molar-refractivity contribution in [3.63, 3.8) is 0 Å². The van der Waals surface area contributed by atoms with Crippen molar-refractivity contribution >= 4 is 17.6 Å². The van der Waals surface area contributed by atoms with E-state index in [2.05, 4.69) is 6.92 Å². The first-order chi connectivity index (χ1) is 14.0. The number of nitro groups is 1. The second-order valence-corrected chi connectivity index (χ2v) is 6.63. The van der Waals surface area contributed by atoms with Crippen LogP contribution in [0.1, 0.15) is 62.2 Å². The Morgan fingerprint density at radius 3 is 2.07 bits per heavy atom. The van der Waals surface area contributed by atoms with Gasteiger partial charge in [-0.2, -0.15) is 0 Å². The Hall–Kier alpha value is -3.22. The number of nitro benzene ring substituents is 1. The number of esters is 2. The van der Waals surface area contributed by atoms with Crippen LogP contribution in [-0.4, -0.2) is 16.9 Å². The average molecular weight is 399 g/mol. The van der Waals surface area contributed by atoms with Gasteiger partial charge in [-0.15, -0.1) is 0 Å². The topological polar surface area (TPSA) is 95.7 Å². The molecule has 2 rings (SSSR count). The highest BCUT2D eigenvalue weighted by atomic mass is 16.6. The third-order valence-corrected chi connectivity index (χ3v) is 4.32. The van der Waals surface area contributed by atoms with E-state index in [1.165, 1.54) is 49.6 Å². The van der Waals surface area contributed by atoms with Gasteiger partial charge in [-0.3, -0.25) is 14.9 Å². The van der Waals surface area contributed by atoms with Gasteiger partial charge in [0.15, 0.2) is 11.5 Å². The van der Waals surface area contributed by atoms with Crippen LogP contribution in [0.15, 0.2) is 48.5 Å². The van der Waals surface area contributed by atoms with Crippen LogP contribution in [0.4, 0.5) is 5.69 Å². The number of para-hydroxylation sites is 2. The minimum Gasteiger partial charge on any atom is -0.423 e. The Bertz CT molecular complexity index is 831. The third kappa shape index (κ3) is 7.37. The van der Waals surface area contributed by atoms with Crippen molar-refractivity contribution in [1.82, 2.24) is 0 Å². The lowest BCUT2D eigenvalue weighted by molar-refractivity contribution is -0.384. The summed E-state index contributed by atoms with van der Waals surface area (Å²) in [6.07, 6.45) is 6.70. The molecule has 154 valence electrons. The fourth-order valence-corrected chi connectivity index (χ4v) is 2.72. The van der Waals surface area contributed by atoms with Gasteiger partial charge in [-0.05, 0) is 30.7 Å². The molecule has 0 radical (unpaired) electrons. The number of carbonyl (C=O) groups excluding carboxylic acids is 2.